The molecule has 1 fully saturated rings. The van der Waals surface area contributed by atoms with E-state index in [0.29, 0.717) is 12.1 Å². The van der Waals surface area contributed by atoms with Gasteiger partial charge in [0.1, 0.15) is 5.69 Å². The van der Waals surface area contributed by atoms with Gasteiger partial charge in [-0.25, -0.2) is 4.68 Å². The normalized spacial score (nSPS) is 14.7. The summed E-state index contributed by atoms with van der Waals surface area (Å²) in [5, 5.41) is 4.35. The number of Topliss-reactive ketones (excluding diaryl/α,β-unsaturated/α-hetero) is 1. The third-order valence-electron chi connectivity index (χ3n) is 3.37. The number of para-hydroxylation sites is 1. The van der Waals surface area contributed by atoms with Crippen molar-refractivity contribution in [1.29, 1.82) is 0 Å². The van der Waals surface area contributed by atoms with Gasteiger partial charge >= 0.3 is 0 Å². The van der Waals surface area contributed by atoms with E-state index in [1.807, 2.05) is 42.6 Å². The van der Waals surface area contributed by atoms with Crippen LogP contribution in [0.25, 0.3) is 5.69 Å². The van der Waals surface area contributed by atoms with E-state index in [-0.39, 0.29) is 5.78 Å². The Morgan fingerprint density at radius 1 is 1.22 bits per heavy atom. The summed E-state index contributed by atoms with van der Waals surface area (Å²) in [5.41, 5.74) is 1.57. The number of hydrogen-bond acceptors (Lipinski definition) is 2. The lowest BCUT2D eigenvalue weighted by Gasteiger charge is -1.99. The second-order valence-corrected chi connectivity index (χ2v) is 4.89. The second kappa shape index (κ2) is 4.77. The summed E-state index contributed by atoms with van der Waals surface area (Å²) in [6.45, 7) is 0. The van der Waals surface area contributed by atoms with Crippen molar-refractivity contribution in [2.24, 2.45) is 5.92 Å². The van der Waals surface area contributed by atoms with E-state index >= 15 is 0 Å². The smallest absolute Gasteiger partial charge is 0.183 e. The van der Waals surface area contributed by atoms with Crippen LogP contribution in [0.3, 0.4) is 0 Å². The maximum Gasteiger partial charge on any atom is 0.183 e. The summed E-state index contributed by atoms with van der Waals surface area (Å²) in [6, 6.07) is 11.7. The predicted octanol–water partition coefficient (Wildman–Crippen LogP) is 3.25. The van der Waals surface area contributed by atoms with Gasteiger partial charge in [-0.1, -0.05) is 31.0 Å². The third-order valence-corrected chi connectivity index (χ3v) is 3.37. The molecule has 1 saturated carbocycles. The van der Waals surface area contributed by atoms with Gasteiger partial charge in [-0.3, -0.25) is 4.79 Å². The molecule has 0 spiro atoms. The first-order chi connectivity index (χ1) is 8.83. The number of carbonyl (C=O) groups excluding carboxylic acids is 1. The average Bonchev–Trinajstić information content (AvgIpc) is 3.11. The van der Waals surface area contributed by atoms with Crippen molar-refractivity contribution in [1.82, 2.24) is 9.78 Å². The van der Waals surface area contributed by atoms with Crippen molar-refractivity contribution in [2.45, 2.75) is 25.7 Å². The number of hydrogen-bond donors (Lipinski definition) is 0. The molecule has 3 rings (SSSR count). The molecule has 0 bridgehead atoms. The molecule has 2 aromatic rings. The Morgan fingerprint density at radius 3 is 2.72 bits per heavy atom. The van der Waals surface area contributed by atoms with Crippen molar-refractivity contribution >= 4 is 5.78 Å². The lowest BCUT2D eigenvalue weighted by atomic mass is 10.1. The van der Waals surface area contributed by atoms with Crippen molar-refractivity contribution < 1.29 is 4.79 Å². The quantitative estimate of drug-likeness (QED) is 0.752. The lowest BCUT2D eigenvalue weighted by molar-refractivity contribution is 0.0973. The highest BCUT2D eigenvalue weighted by atomic mass is 16.1. The Kier molecular flexibility index (Phi) is 2.97. The van der Waals surface area contributed by atoms with Crippen LogP contribution in [0.4, 0.5) is 0 Å². The van der Waals surface area contributed by atoms with Gasteiger partial charge in [0.25, 0.3) is 0 Å². The zero-order valence-corrected chi connectivity index (χ0v) is 10.2. The van der Waals surface area contributed by atoms with Crippen LogP contribution < -0.4 is 0 Å². The van der Waals surface area contributed by atoms with Crippen molar-refractivity contribution in [3.63, 3.8) is 0 Å². The summed E-state index contributed by atoms with van der Waals surface area (Å²) in [4.78, 5) is 11.9. The SMILES string of the molecule is O=C(CCC1CC1)c1ccn(-c2ccccc2)n1. The highest BCUT2D eigenvalue weighted by Gasteiger charge is 2.22. The van der Waals surface area contributed by atoms with Crippen LogP contribution in [0.1, 0.15) is 36.2 Å². The number of nitrogens with zero attached hydrogens (tertiary/aromatic N) is 2. The Hall–Kier alpha value is -1.90. The minimum atomic E-state index is 0.164. The molecule has 0 saturated heterocycles. The molecule has 92 valence electrons. The topological polar surface area (TPSA) is 34.9 Å². The average molecular weight is 240 g/mol. The van der Waals surface area contributed by atoms with E-state index in [4.69, 9.17) is 0 Å². The summed E-state index contributed by atoms with van der Waals surface area (Å²) in [7, 11) is 0. The Balaban J connectivity index is 1.70. The number of ketones is 1. The standard InChI is InChI=1S/C15H16N2O/c18-15(9-8-12-6-7-12)14-10-11-17(16-14)13-4-2-1-3-5-13/h1-5,10-12H,6-9H2. The first-order valence-corrected chi connectivity index (χ1v) is 6.47. The Labute approximate surface area is 106 Å². The fourth-order valence-electron chi connectivity index (χ4n) is 2.07. The fourth-order valence-corrected chi connectivity index (χ4v) is 2.07. The summed E-state index contributed by atoms with van der Waals surface area (Å²) in [5.74, 6) is 0.960. The number of rotatable bonds is 5. The van der Waals surface area contributed by atoms with Crippen LogP contribution in [0.15, 0.2) is 42.6 Å². The number of carbonyl (C=O) groups is 1. The van der Waals surface area contributed by atoms with Crippen molar-refractivity contribution in [3.05, 3.63) is 48.3 Å². The van der Waals surface area contributed by atoms with Crippen molar-refractivity contribution in [2.75, 3.05) is 0 Å². The van der Waals surface area contributed by atoms with E-state index in [1.54, 1.807) is 4.68 Å². The molecule has 0 amide bonds. The highest BCUT2D eigenvalue weighted by Crippen LogP contribution is 2.33. The van der Waals surface area contributed by atoms with Crippen molar-refractivity contribution in [3.8, 4) is 5.69 Å². The molecule has 18 heavy (non-hydrogen) atoms. The second-order valence-electron chi connectivity index (χ2n) is 4.89. The molecule has 0 aliphatic heterocycles. The zero-order valence-electron chi connectivity index (χ0n) is 10.2. The first-order valence-electron chi connectivity index (χ1n) is 6.47. The van der Waals surface area contributed by atoms with Gasteiger partial charge < -0.3 is 0 Å². The molecule has 1 aromatic heterocycles. The molecule has 1 aromatic carbocycles. The van der Waals surface area contributed by atoms with Gasteiger partial charge in [-0.05, 0) is 30.5 Å². The molecule has 3 heteroatoms. The van der Waals surface area contributed by atoms with E-state index in [0.717, 1.165) is 18.0 Å². The monoisotopic (exact) mass is 240 g/mol. The maximum atomic E-state index is 11.9. The van der Waals surface area contributed by atoms with E-state index < -0.39 is 0 Å². The van der Waals surface area contributed by atoms with E-state index in [9.17, 15) is 4.79 Å². The number of benzene rings is 1. The molecule has 1 aliphatic carbocycles. The molecule has 0 unspecified atom stereocenters. The molecule has 0 N–H and O–H groups in total. The summed E-state index contributed by atoms with van der Waals surface area (Å²) >= 11 is 0. The molecular formula is C15H16N2O. The van der Waals surface area contributed by atoms with Gasteiger partial charge in [0.15, 0.2) is 5.78 Å². The van der Waals surface area contributed by atoms with Gasteiger partial charge in [0.2, 0.25) is 0 Å². The molecule has 0 radical (unpaired) electrons. The van der Waals surface area contributed by atoms with Crippen LogP contribution in [0, 0.1) is 5.92 Å². The summed E-state index contributed by atoms with van der Waals surface area (Å²) < 4.78 is 1.75. The molecule has 3 nitrogen and oxygen atoms in total. The van der Waals surface area contributed by atoms with Gasteiger partial charge in [0.05, 0.1) is 5.69 Å². The first kappa shape index (κ1) is 11.2. The van der Waals surface area contributed by atoms with Crippen LogP contribution in [0.2, 0.25) is 0 Å². The van der Waals surface area contributed by atoms with Gasteiger partial charge in [-0.15, -0.1) is 0 Å². The van der Waals surface area contributed by atoms with Crippen LogP contribution in [-0.4, -0.2) is 15.6 Å². The minimum Gasteiger partial charge on any atom is -0.292 e. The molecule has 1 aliphatic rings. The van der Waals surface area contributed by atoms with Gasteiger partial charge in [0, 0.05) is 12.6 Å². The lowest BCUT2D eigenvalue weighted by Crippen LogP contribution is -2.02. The Bertz CT molecular complexity index is 541. The largest absolute Gasteiger partial charge is 0.292 e. The van der Waals surface area contributed by atoms with Crippen LogP contribution in [-0.2, 0) is 0 Å². The zero-order chi connectivity index (χ0) is 12.4. The van der Waals surface area contributed by atoms with E-state index in [2.05, 4.69) is 5.10 Å². The third kappa shape index (κ3) is 2.50. The fraction of sp³-hybridized carbons (Fsp3) is 0.333. The van der Waals surface area contributed by atoms with Gasteiger partial charge in [-0.2, -0.15) is 5.10 Å². The Morgan fingerprint density at radius 2 is 2.00 bits per heavy atom. The van der Waals surface area contributed by atoms with E-state index in [1.165, 1.54) is 12.8 Å². The summed E-state index contributed by atoms with van der Waals surface area (Å²) in [6.07, 6.45) is 6.10. The molecular weight excluding hydrogens is 224 g/mol. The predicted molar refractivity (Wildman–Crippen MR) is 69.9 cm³/mol. The molecule has 0 atom stereocenters. The van der Waals surface area contributed by atoms with Crippen LogP contribution >= 0.6 is 0 Å². The number of aromatic nitrogens is 2. The minimum absolute atomic E-state index is 0.164. The maximum absolute atomic E-state index is 11.9. The van der Waals surface area contributed by atoms with Crippen LogP contribution in [0.5, 0.6) is 0 Å². The highest BCUT2D eigenvalue weighted by molar-refractivity contribution is 5.94. The molecule has 1 heterocycles.